The molecule has 1 nitrogen and oxygen atoms in total. The third-order valence-electron chi connectivity index (χ3n) is 2.36. The molecule has 0 saturated heterocycles. The van der Waals surface area contributed by atoms with Gasteiger partial charge >= 0.3 is 0 Å². The minimum absolute atomic E-state index is 0.0194. The van der Waals surface area contributed by atoms with Crippen LogP contribution in [0.2, 0.25) is 0 Å². The molecule has 0 aliphatic rings. The first-order valence-corrected chi connectivity index (χ1v) is 4.55. The highest BCUT2D eigenvalue weighted by atomic mass is 19.3. The Balaban J connectivity index is 3.08. The van der Waals surface area contributed by atoms with Crippen molar-refractivity contribution in [3.63, 3.8) is 0 Å². The van der Waals surface area contributed by atoms with Gasteiger partial charge in [0.1, 0.15) is 0 Å². The molecule has 1 atom stereocenters. The van der Waals surface area contributed by atoms with Crippen LogP contribution in [0.15, 0.2) is 18.2 Å². The quantitative estimate of drug-likeness (QED) is 0.795. The van der Waals surface area contributed by atoms with Crippen LogP contribution in [0.3, 0.4) is 0 Å². The van der Waals surface area contributed by atoms with E-state index < -0.39 is 6.43 Å². The van der Waals surface area contributed by atoms with E-state index in [1.165, 1.54) is 12.1 Å². The molecule has 0 spiro atoms. The van der Waals surface area contributed by atoms with Crippen LogP contribution in [0.5, 0.6) is 0 Å². The maximum Gasteiger partial charge on any atom is 0.263 e. The second-order valence-corrected chi connectivity index (χ2v) is 3.50. The van der Waals surface area contributed by atoms with Crippen molar-refractivity contribution in [1.82, 2.24) is 0 Å². The third-order valence-corrected chi connectivity index (χ3v) is 2.36. The second-order valence-electron chi connectivity index (χ2n) is 3.50. The van der Waals surface area contributed by atoms with Crippen molar-refractivity contribution in [2.24, 2.45) is 0 Å². The SMILES string of the molecule is Cc1ccc(C(F)F)cc1C(C)CO. The van der Waals surface area contributed by atoms with E-state index in [-0.39, 0.29) is 18.1 Å². The van der Waals surface area contributed by atoms with Crippen LogP contribution in [-0.2, 0) is 0 Å². The summed E-state index contributed by atoms with van der Waals surface area (Å²) in [5.41, 5.74) is 1.76. The fourth-order valence-corrected chi connectivity index (χ4v) is 1.42. The van der Waals surface area contributed by atoms with Crippen LogP contribution >= 0.6 is 0 Å². The molecule has 1 aromatic carbocycles. The zero-order valence-electron chi connectivity index (χ0n) is 8.30. The summed E-state index contributed by atoms with van der Waals surface area (Å²) < 4.78 is 24.8. The topological polar surface area (TPSA) is 20.2 Å². The maximum absolute atomic E-state index is 12.4. The number of aliphatic hydroxyl groups is 1. The molecule has 0 amide bonds. The summed E-state index contributed by atoms with van der Waals surface area (Å²) in [7, 11) is 0. The van der Waals surface area contributed by atoms with Crippen molar-refractivity contribution in [1.29, 1.82) is 0 Å². The maximum atomic E-state index is 12.4. The van der Waals surface area contributed by atoms with E-state index in [2.05, 4.69) is 0 Å². The molecule has 0 aromatic heterocycles. The van der Waals surface area contributed by atoms with Crippen molar-refractivity contribution < 1.29 is 13.9 Å². The molecule has 0 radical (unpaired) electrons. The minimum Gasteiger partial charge on any atom is -0.396 e. The van der Waals surface area contributed by atoms with E-state index in [4.69, 9.17) is 5.11 Å². The van der Waals surface area contributed by atoms with E-state index in [0.29, 0.717) is 0 Å². The molecule has 0 aliphatic carbocycles. The fraction of sp³-hybridized carbons (Fsp3) is 0.455. The van der Waals surface area contributed by atoms with Crippen molar-refractivity contribution >= 4 is 0 Å². The smallest absolute Gasteiger partial charge is 0.263 e. The number of aryl methyl sites for hydroxylation is 1. The Morgan fingerprint density at radius 2 is 2.00 bits per heavy atom. The Hall–Kier alpha value is -0.960. The zero-order valence-corrected chi connectivity index (χ0v) is 8.30. The van der Waals surface area contributed by atoms with Crippen LogP contribution in [0.4, 0.5) is 8.78 Å². The summed E-state index contributed by atoms with van der Waals surface area (Å²) in [5.74, 6) is -0.0892. The molecule has 0 aliphatic heterocycles. The van der Waals surface area contributed by atoms with Crippen LogP contribution in [-0.4, -0.2) is 11.7 Å². The number of halogens is 2. The molecule has 1 N–H and O–H groups in total. The lowest BCUT2D eigenvalue weighted by atomic mass is 9.95. The lowest BCUT2D eigenvalue weighted by Crippen LogP contribution is -2.02. The van der Waals surface area contributed by atoms with Crippen LogP contribution in [0.25, 0.3) is 0 Å². The van der Waals surface area contributed by atoms with Gasteiger partial charge in [0.25, 0.3) is 6.43 Å². The van der Waals surface area contributed by atoms with E-state index in [0.717, 1.165) is 11.1 Å². The molecule has 14 heavy (non-hydrogen) atoms. The molecule has 1 rings (SSSR count). The van der Waals surface area contributed by atoms with Crippen LogP contribution < -0.4 is 0 Å². The average Bonchev–Trinajstić information content (AvgIpc) is 2.17. The zero-order chi connectivity index (χ0) is 10.7. The van der Waals surface area contributed by atoms with Crippen LogP contribution in [0.1, 0.15) is 36.0 Å². The van der Waals surface area contributed by atoms with Gasteiger partial charge < -0.3 is 5.11 Å². The van der Waals surface area contributed by atoms with Gasteiger partial charge in [0.2, 0.25) is 0 Å². The molecular formula is C11H14F2O. The van der Waals surface area contributed by atoms with Gasteiger partial charge in [-0.1, -0.05) is 19.1 Å². The second kappa shape index (κ2) is 4.51. The van der Waals surface area contributed by atoms with Gasteiger partial charge in [-0.2, -0.15) is 0 Å². The molecule has 0 saturated carbocycles. The van der Waals surface area contributed by atoms with Gasteiger partial charge in [-0.05, 0) is 24.1 Å². The fourth-order valence-electron chi connectivity index (χ4n) is 1.42. The Labute approximate surface area is 82.4 Å². The lowest BCUT2D eigenvalue weighted by molar-refractivity contribution is 0.151. The van der Waals surface area contributed by atoms with Crippen molar-refractivity contribution in [2.75, 3.05) is 6.61 Å². The predicted molar refractivity (Wildman–Crippen MR) is 51.6 cm³/mol. The Bertz CT molecular complexity index is 310. The van der Waals surface area contributed by atoms with Gasteiger partial charge in [-0.3, -0.25) is 0 Å². The summed E-state index contributed by atoms with van der Waals surface area (Å²) in [4.78, 5) is 0. The van der Waals surface area contributed by atoms with Crippen molar-refractivity contribution in [3.8, 4) is 0 Å². The summed E-state index contributed by atoms with van der Waals surface area (Å²) >= 11 is 0. The highest BCUT2D eigenvalue weighted by Crippen LogP contribution is 2.25. The van der Waals surface area contributed by atoms with Gasteiger partial charge in [-0.25, -0.2) is 8.78 Å². The molecule has 78 valence electrons. The Morgan fingerprint density at radius 3 is 2.50 bits per heavy atom. The minimum atomic E-state index is -2.44. The number of alkyl halides is 2. The summed E-state index contributed by atoms with van der Waals surface area (Å²) in [5, 5.41) is 8.95. The summed E-state index contributed by atoms with van der Waals surface area (Å²) in [6.07, 6.45) is -2.44. The van der Waals surface area contributed by atoms with E-state index in [1.807, 2.05) is 13.8 Å². The Kier molecular flexibility index (Phi) is 3.58. The van der Waals surface area contributed by atoms with Gasteiger partial charge in [0.15, 0.2) is 0 Å². The van der Waals surface area contributed by atoms with Gasteiger partial charge in [0, 0.05) is 18.1 Å². The van der Waals surface area contributed by atoms with Gasteiger partial charge in [0.05, 0.1) is 0 Å². The van der Waals surface area contributed by atoms with Crippen molar-refractivity contribution in [3.05, 3.63) is 34.9 Å². The number of hydrogen-bond acceptors (Lipinski definition) is 1. The largest absolute Gasteiger partial charge is 0.396 e. The molecule has 0 heterocycles. The first kappa shape index (κ1) is 11.1. The molecule has 0 bridgehead atoms. The average molecular weight is 200 g/mol. The van der Waals surface area contributed by atoms with Crippen LogP contribution in [0, 0.1) is 6.92 Å². The number of aliphatic hydroxyl groups excluding tert-OH is 1. The van der Waals surface area contributed by atoms with E-state index >= 15 is 0 Å². The van der Waals surface area contributed by atoms with Crippen molar-refractivity contribution in [2.45, 2.75) is 26.2 Å². The molecular weight excluding hydrogens is 186 g/mol. The number of rotatable bonds is 3. The van der Waals surface area contributed by atoms with Gasteiger partial charge in [-0.15, -0.1) is 0 Å². The highest BCUT2D eigenvalue weighted by Gasteiger charge is 2.12. The standard InChI is InChI=1S/C11H14F2O/c1-7-3-4-9(11(12)13)5-10(7)8(2)6-14/h3-5,8,11,14H,6H2,1-2H3. The number of benzene rings is 1. The first-order valence-electron chi connectivity index (χ1n) is 4.55. The lowest BCUT2D eigenvalue weighted by Gasteiger charge is -2.13. The predicted octanol–water partition coefficient (Wildman–Crippen LogP) is 3.03. The molecule has 3 heteroatoms. The third kappa shape index (κ3) is 2.29. The highest BCUT2D eigenvalue weighted by molar-refractivity contribution is 5.34. The Morgan fingerprint density at radius 1 is 1.36 bits per heavy atom. The summed E-state index contributed by atoms with van der Waals surface area (Å²) in [6, 6.07) is 4.57. The molecule has 0 fully saturated rings. The molecule has 1 aromatic rings. The van der Waals surface area contributed by atoms with E-state index in [9.17, 15) is 8.78 Å². The molecule has 1 unspecified atom stereocenters. The first-order chi connectivity index (χ1) is 6.56. The normalized spacial score (nSPS) is 13.3. The number of hydrogen-bond donors (Lipinski definition) is 1. The monoisotopic (exact) mass is 200 g/mol. The summed E-state index contributed by atoms with van der Waals surface area (Å²) in [6.45, 7) is 3.65. The van der Waals surface area contributed by atoms with E-state index in [1.54, 1.807) is 6.07 Å².